The summed E-state index contributed by atoms with van der Waals surface area (Å²) in [4.78, 5) is 10.3. The molecule has 90 valence electrons. The molecule has 0 saturated carbocycles. The number of ether oxygens (including phenoxy) is 1. The largest absolute Gasteiger partial charge is 0.448 e. The summed E-state index contributed by atoms with van der Waals surface area (Å²) in [5.41, 5.74) is 12.1. The molecule has 0 aromatic carbocycles. The summed E-state index contributed by atoms with van der Waals surface area (Å²) in [6.07, 6.45) is -0.782. The maximum absolute atomic E-state index is 10.3. The van der Waals surface area contributed by atoms with Crippen LogP contribution < -0.4 is 16.8 Å². The monoisotopic (exact) mass is 227 g/mol. The topological polar surface area (TPSA) is 108 Å². The standard InChI is InChI=1S/C9H17N5O2/c1-3-14-8(7(10)6(2)13-14)12-4-5-16-9(11)15/h12H,3-5,10H2,1-2H3,(H2,11,15). The molecule has 16 heavy (non-hydrogen) atoms. The Morgan fingerprint density at radius 3 is 2.88 bits per heavy atom. The lowest BCUT2D eigenvalue weighted by molar-refractivity contribution is 0.161. The van der Waals surface area contributed by atoms with Crippen molar-refractivity contribution in [3.63, 3.8) is 0 Å². The number of aryl methyl sites for hydroxylation is 2. The van der Waals surface area contributed by atoms with Crippen LogP contribution in [-0.4, -0.2) is 29.0 Å². The lowest BCUT2D eigenvalue weighted by Crippen LogP contribution is -2.19. The minimum atomic E-state index is -0.782. The molecule has 0 aliphatic rings. The Bertz CT molecular complexity index is 374. The second-order valence-corrected chi connectivity index (χ2v) is 3.26. The molecule has 0 fully saturated rings. The van der Waals surface area contributed by atoms with Gasteiger partial charge in [0.25, 0.3) is 0 Å². The van der Waals surface area contributed by atoms with Gasteiger partial charge < -0.3 is 21.5 Å². The van der Waals surface area contributed by atoms with Crippen LogP contribution in [0, 0.1) is 6.92 Å². The van der Waals surface area contributed by atoms with Crippen molar-refractivity contribution in [2.45, 2.75) is 20.4 Å². The van der Waals surface area contributed by atoms with Gasteiger partial charge in [-0.05, 0) is 13.8 Å². The minimum absolute atomic E-state index is 0.197. The Morgan fingerprint density at radius 2 is 2.31 bits per heavy atom. The van der Waals surface area contributed by atoms with E-state index in [9.17, 15) is 4.79 Å². The van der Waals surface area contributed by atoms with Gasteiger partial charge in [0.15, 0.2) is 0 Å². The average Bonchev–Trinajstić information content (AvgIpc) is 2.50. The highest BCUT2D eigenvalue weighted by atomic mass is 16.5. The zero-order valence-electron chi connectivity index (χ0n) is 9.49. The Morgan fingerprint density at radius 1 is 1.62 bits per heavy atom. The normalized spacial score (nSPS) is 10.1. The number of nitrogens with one attached hydrogen (secondary N) is 1. The molecule has 1 rings (SSSR count). The molecule has 0 radical (unpaired) electrons. The predicted molar refractivity (Wildman–Crippen MR) is 61.1 cm³/mol. The van der Waals surface area contributed by atoms with Gasteiger partial charge in [0.2, 0.25) is 0 Å². The molecule has 0 unspecified atom stereocenters. The van der Waals surface area contributed by atoms with Gasteiger partial charge in [-0.2, -0.15) is 5.10 Å². The molecular formula is C9H17N5O2. The number of hydrogen-bond donors (Lipinski definition) is 3. The van der Waals surface area contributed by atoms with Gasteiger partial charge >= 0.3 is 6.09 Å². The lowest BCUT2D eigenvalue weighted by Gasteiger charge is -2.08. The zero-order valence-corrected chi connectivity index (χ0v) is 9.49. The molecule has 0 aliphatic carbocycles. The molecule has 1 aromatic heterocycles. The molecule has 1 aromatic rings. The predicted octanol–water partition coefficient (Wildman–Crippen LogP) is 0.301. The first-order valence-electron chi connectivity index (χ1n) is 5.05. The van der Waals surface area contributed by atoms with E-state index in [0.29, 0.717) is 12.2 Å². The fourth-order valence-corrected chi connectivity index (χ4v) is 1.33. The van der Waals surface area contributed by atoms with Crippen molar-refractivity contribution in [3.8, 4) is 0 Å². The van der Waals surface area contributed by atoms with E-state index >= 15 is 0 Å². The van der Waals surface area contributed by atoms with Crippen LogP contribution in [0.25, 0.3) is 0 Å². The number of primary amides is 1. The second-order valence-electron chi connectivity index (χ2n) is 3.26. The summed E-state index contributed by atoms with van der Waals surface area (Å²) in [7, 11) is 0. The molecule has 0 atom stereocenters. The maximum atomic E-state index is 10.3. The number of nitrogen functional groups attached to an aromatic ring is 1. The first-order chi connectivity index (χ1) is 7.56. The molecule has 0 spiro atoms. The fraction of sp³-hybridized carbons (Fsp3) is 0.556. The van der Waals surface area contributed by atoms with Gasteiger partial charge in [-0.25, -0.2) is 9.48 Å². The number of aromatic nitrogens is 2. The second kappa shape index (κ2) is 5.24. The highest BCUT2D eigenvalue weighted by Gasteiger charge is 2.10. The van der Waals surface area contributed by atoms with Crippen molar-refractivity contribution < 1.29 is 9.53 Å². The molecule has 0 aliphatic heterocycles. The van der Waals surface area contributed by atoms with Crippen LogP contribution in [0.2, 0.25) is 0 Å². The van der Waals surface area contributed by atoms with Crippen molar-refractivity contribution in [2.75, 3.05) is 24.2 Å². The Kier molecular flexibility index (Phi) is 3.98. The van der Waals surface area contributed by atoms with Crippen LogP contribution in [0.3, 0.4) is 0 Å². The van der Waals surface area contributed by atoms with Gasteiger partial charge in [-0.3, -0.25) is 0 Å². The third-order valence-corrected chi connectivity index (χ3v) is 2.11. The van der Waals surface area contributed by atoms with E-state index in [4.69, 9.17) is 11.5 Å². The average molecular weight is 227 g/mol. The highest BCUT2D eigenvalue weighted by Crippen LogP contribution is 2.21. The molecular weight excluding hydrogens is 210 g/mol. The SMILES string of the molecule is CCn1nc(C)c(N)c1NCCOC(N)=O. The zero-order chi connectivity index (χ0) is 12.1. The molecule has 1 amide bonds. The van der Waals surface area contributed by atoms with E-state index < -0.39 is 6.09 Å². The number of carbonyl (C=O) groups is 1. The summed E-state index contributed by atoms with van der Waals surface area (Å²) in [5, 5.41) is 7.29. The minimum Gasteiger partial charge on any atom is -0.448 e. The lowest BCUT2D eigenvalue weighted by atomic mass is 10.4. The summed E-state index contributed by atoms with van der Waals surface area (Å²) in [6, 6.07) is 0. The van der Waals surface area contributed by atoms with E-state index in [1.807, 2.05) is 13.8 Å². The summed E-state index contributed by atoms with van der Waals surface area (Å²) in [5.74, 6) is 0.744. The molecule has 0 saturated heterocycles. The fourth-order valence-electron chi connectivity index (χ4n) is 1.33. The van der Waals surface area contributed by atoms with Crippen molar-refractivity contribution in [2.24, 2.45) is 5.73 Å². The van der Waals surface area contributed by atoms with Crippen molar-refractivity contribution in [1.29, 1.82) is 0 Å². The first kappa shape index (κ1) is 12.2. The van der Waals surface area contributed by atoms with Gasteiger partial charge in [-0.15, -0.1) is 0 Å². The van der Waals surface area contributed by atoms with Gasteiger partial charge in [0, 0.05) is 6.54 Å². The molecule has 7 nitrogen and oxygen atoms in total. The summed E-state index contributed by atoms with van der Waals surface area (Å²) in [6.45, 7) is 5.17. The number of anilines is 2. The number of amides is 1. The van der Waals surface area contributed by atoms with Crippen LogP contribution >= 0.6 is 0 Å². The van der Waals surface area contributed by atoms with E-state index in [-0.39, 0.29) is 6.61 Å². The number of carbonyl (C=O) groups excluding carboxylic acids is 1. The van der Waals surface area contributed by atoms with E-state index in [2.05, 4.69) is 15.2 Å². The smallest absolute Gasteiger partial charge is 0.404 e. The van der Waals surface area contributed by atoms with Crippen LogP contribution in [0.1, 0.15) is 12.6 Å². The number of nitrogens with zero attached hydrogens (tertiary/aromatic N) is 2. The number of hydrogen-bond acceptors (Lipinski definition) is 5. The number of rotatable bonds is 5. The van der Waals surface area contributed by atoms with Gasteiger partial charge in [0.05, 0.1) is 17.9 Å². The maximum Gasteiger partial charge on any atom is 0.404 e. The first-order valence-corrected chi connectivity index (χ1v) is 5.05. The van der Waals surface area contributed by atoms with E-state index in [1.54, 1.807) is 4.68 Å². The van der Waals surface area contributed by atoms with Crippen molar-refractivity contribution in [1.82, 2.24) is 9.78 Å². The van der Waals surface area contributed by atoms with Gasteiger partial charge in [0.1, 0.15) is 12.4 Å². The Labute approximate surface area is 93.7 Å². The third kappa shape index (κ3) is 2.78. The Hall–Kier alpha value is -1.92. The molecule has 7 heteroatoms. The van der Waals surface area contributed by atoms with Crippen LogP contribution in [0.5, 0.6) is 0 Å². The van der Waals surface area contributed by atoms with Crippen LogP contribution in [0.4, 0.5) is 16.3 Å². The Balaban J connectivity index is 2.55. The van der Waals surface area contributed by atoms with E-state index in [1.165, 1.54) is 0 Å². The van der Waals surface area contributed by atoms with Gasteiger partial charge in [-0.1, -0.05) is 0 Å². The third-order valence-electron chi connectivity index (χ3n) is 2.11. The molecule has 5 N–H and O–H groups in total. The summed E-state index contributed by atoms with van der Waals surface area (Å²) < 4.78 is 6.35. The van der Waals surface area contributed by atoms with Crippen molar-refractivity contribution in [3.05, 3.63) is 5.69 Å². The molecule has 1 heterocycles. The number of nitrogens with two attached hydrogens (primary N) is 2. The summed E-state index contributed by atoms with van der Waals surface area (Å²) >= 11 is 0. The van der Waals surface area contributed by atoms with Crippen molar-refractivity contribution >= 4 is 17.6 Å². The highest BCUT2D eigenvalue weighted by molar-refractivity contribution is 5.65. The van der Waals surface area contributed by atoms with E-state index in [0.717, 1.165) is 18.1 Å². The quantitative estimate of drug-likeness (QED) is 0.627. The van der Waals surface area contributed by atoms with Crippen LogP contribution in [0.15, 0.2) is 0 Å². The molecule has 0 bridgehead atoms. The van der Waals surface area contributed by atoms with Crippen LogP contribution in [-0.2, 0) is 11.3 Å².